The molecule has 0 spiro atoms. The lowest BCUT2D eigenvalue weighted by atomic mass is 10.1. The van der Waals surface area contributed by atoms with Crippen molar-refractivity contribution in [3.05, 3.63) is 28.2 Å². The molecule has 0 aliphatic rings. The lowest BCUT2D eigenvalue weighted by molar-refractivity contribution is 1.28. The molecule has 0 saturated carbocycles. The van der Waals surface area contributed by atoms with Gasteiger partial charge in [0.2, 0.25) is 0 Å². The van der Waals surface area contributed by atoms with Crippen molar-refractivity contribution in [2.45, 2.75) is 10.6 Å². The van der Waals surface area contributed by atoms with Crippen molar-refractivity contribution in [3.63, 3.8) is 0 Å². The Morgan fingerprint density at radius 3 is 2.93 bits per heavy atom. The Kier molecular flexibility index (Phi) is 2.82. The second-order valence-corrected chi connectivity index (χ2v) is 5.68. The molecule has 0 atom stereocenters. The molecule has 1 nitrogen and oxygen atoms in total. The Hall–Kier alpha value is -0.500. The Morgan fingerprint density at radius 2 is 2.21 bits per heavy atom. The minimum atomic E-state index is 0.444. The highest BCUT2D eigenvalue weighted by atomic mass is 79.9. The van der Waals surface area contributed by atoms with Crippen LogP contribution in [-0.2, 0) is 6.42 Å². The van der Waals surface area contributed by atoms with Crippen molar-refractivity contribution in [2.24, 2.45) is 0 Å². The van der Waals surface area contributed by atoms with Crippen LogP contribution in [0, 0.1) is 11.3 Å². The first kappa shape index (κ1) is 10.0. The molecule has 0 amide bonds. The Bertz CT molecular complexity index is 525. The maximum atomic E-state index is 8.70. The maximum Gasteiger partial charge on any atom is 0.0669 e. The van der Waals surface area contributed by atoms with Crippen molar-refractivity contribution in [1.29, 1.82) is 5.26 Å². The van der Waals surface area contributed by atoms with Crippen LogP contribution in [0.2, 0.25) is 0 Å². The van der Waals surface area contributed by atoms with Gasteiger partial charge in [-0.15, -0.1) is 24.0 Å². The van der Waals surface area contributed by atoms with Gasteiger partial charge in [0.25, 0.3) is 0 Å². The summed E-state index contributed by atoms with van der Waals surface area (Å²) in [5.41, 5.74) is 1.06. The minimum absolute atomic E-state index is 0.444. The van der Waals surface area contributed by atoms with Gasteiger partial charge in [-0.2, -0.15) is 5.26 Å². The van der Waals surface area contributed by atoms with Gasteiger partial charge in [0.1, 0.15) is 0 Å². The monoisotopic (exact) mass is 283 g/mol. The molecule has 1 aromatic heterocycles. The lowest BCUT2D eigenvalue weighted by Crippen LogP contribution is -1.81. The van der Waals surface area contributed by atoms with Gasteiger partial charge in [-0.05, 0) is 29.1 Å². The van der Waals surface area contributed by atoms with Crippen LogP contribution in [0.25, 0.3) is 10.1 Å². The fourth-order valence-electron chi connectivity index (χ4n) is 1.39. The molecule has 0 bridgehead atoms. The molecular weight excluding hydrogens is 278 g/mol. The third-order valence-corrected chi connectivity index (χ3v) is 3.69. The van der Waals surface area contributed by atoms with E-state index in [2.05, 4.69) is 40.7 Å². The summed E-state index contributed by atoms with van der Waals surface area (Å²) in [5.74, 6) is 0. The summed E-state index contributed by atoms with van der Waals surface area (Å²) in [4.78, 5) is 0. The smallest absolute Gasteiger partial charge is 0.0669 e. The molecule has 0 saturated heterocycles. The number of fused-ring (bicyclic) bond motifs is 1. The van der Waals surface area contributed by atoms with Crippen LogP contribution in [0.1, 0.15) is 5.56 Å². The number of thiol groups is 1. The summed E-state index contributed by atoms with van der Waals surface area (Å²) >= 11 is 9.38. The molecule has 0 radical (unpaired) electrons. The quantitative estimate of drug-likeness (QED) is 0.786. The van der Waals surface area contributed by atoms with E-state index in [0.29, 0.717) is 6.42 Å². The van der Waals surface area contributed by atoms with Crippen LogP contribution in [0.3, 0.4) is 0 Å². The number of hydrogen-bond donors (Lipinski definition) is 1. The molecule has 70 valence electrons. The second-order valence-electron chi connectivity index (χ2n) is 2.90. The number of halogens is 1. The van der Waals surface area contributed by atoms with Gasteiger partial charge in [-0.3, -0.25) is 0 Å². The molecule has 0 fully saturated rings. The standard InChI is InChI=1S/C10H6BrNS2/c11-7-3-6(1-2-12)8-5-10(13)14-9(8)4-7/h3-5,13H,1H2. The topological polar surface area (TPSA) is 23.8 Å². The van der Waals surface area contributed by atoms with E-state index in [1.54, 1.807) is 11.3 Å². The van der Waals surface area contributed by atoms with Crippen molar-refractivity contribution in [3.8, 4) is 6.07 Å². The van der Waals surface area contributed by atoms with E-state index in [4.69, 9.17) is 5.26 Å². The van der Waals surface area contributed by atoms with Crippen molar-refractivity contribution in [1.82, 2.24) is 0 Å². The first-order valence-electron chi connectivity index (χ1n) is 3.98. The van der Waals surface area contributed by atoms with Crippen molar-refractivity contribution < 1.29 is 0 Å². The van der Waals surface area contributed by atoms with E-state index in [0.717, 1.165) is 19.6 Å². The number of hydrogen-bond acceptors (Lipinski definition) is 3. The molecule has 0 N–H and O–H groups in total. The summed E-state index contributed by atoms with van der Waals surface area (Å²) in [5, 5.41) is 9.84. The number of rotatable bonds is 1. The Balaban J connectivity index is 2.74. The number of thiophene rings is 1. The number of nitriles is 1. The molecule has 1 aromatic carbocycles. The van der Waals surface area contributed by atoms with Crippen LogP contribution in [0.5, 0.6) is 0 Å². The maximum absolute atomic E-state index is 8.70. The van der Waals surface area contributed by atoms with Gasteiger partial charge < -0.3 is 0 Å². The SMILES string of the molecule is N#CCc1cc(Br)cc2sc(S)cc12. The normalized spacial score (nSPS) is 10.4. The van der Waals surface area contributed by atoms with Crippen LogP contribution >= 0.6 is 39.9 Å². The van der Waals surface area contributed by atoms with E-state index < -0.39 is 0 Å². The van der Waals surface area contributed by atoms with Crippen LogP contribution in [-0.4, -0.2) is 0 Å². The molecule has 2 aromatic rings. The highest BCUT2D eigenvalue weighted by Crippen LogP contribution is 2.33. The first-order chi connectivity index (χ1) is 6.70. The van der Waals surface area contributed by atoms with Gasteiger partial charge in [-0.25, -0.2) is 0 Å². The molecule has 1 heterocycles. The summed E-state index contributed by atoms with van der Waals surface area (Å²) in [6, 6.07) is 8.24. The zero-order valence-electron chi connectivity index (χ0n) is 7.12. The number of benzene rings is 1. The van der Waals surface area contributed by atoms with E-state index in [1.807, 2.05) is 12.1 Å². The fourth-order valence-corrected chi connectivity index (χ4v) is 3.36. The van der Waals surface area contributed by atoms with Gasteiger partial charge in [0, 0.05) is 9.17 Å². The van der Waals surface area contributed by atoms with Crippen LogP contribution < -0.4 is 0 Å². The summed E-state index contributed by atoms with van der Waals surface area (Å²) < 4.78 is 3.18. The van der Waals surface area contributed by atoms with Gasteiger partial charge in [0.05, 0.1) is 16.7 Å². The molecule has 0 aliphatic heterocycles. The Morgan fingerprint density at radius 1 is 1.43 bits per heavy atom. The molecule has 2 rings (SSSR count). The zero-order chi connectivity index (χ0) is 10.1. The minimum Gasteiger partial charge on any atom is -0.198 e. The van der Waals surface area contributed by atoms with Gasteiger partial charge in [0.15, 0.2) is 0 Å². The average molecular weight is 284 g/mol. The van der Waals surface area contributed by atoms with E-state index in [9.17, 15) is 0 Å². The summed E-state index contributed by atoms with van der Waals surface area (Å²) in [6.45, 7) is 0. The van der Waals surface area contributed by atoms with Crippen LogP contribution in [0.15, 0.2) is 26.9 Å². The highest BCUT2D eigenvalue weighted by Gasteiger charge is 2.06. The largest absolute Gasteiger partial charge is 0.198 e. The third kappa shape index (κ3) is 1.81. The predicted octanol–water partition coefficient (Wildman–Crippen LogP) is 4.02. The molecule has 0 unspecified atom stereocenters. The van der Waals surface area contributed by atoms with E-state index in [1.165, 1.54) is 4.70 Å². The predicted molar refractivity (Wildman–Crippen MR) is 66.1 cm³/mol. The fraction of sp³-hybridized carbons (Fsp3) is 0.100. The molecular formula is C10H6BrNS2. The zero-order valence-corrected chi connectivity index (χ0v) is 10.4. The van der Waals surface area contributed by atoms with Gasteiger partial charge in [-0.1, -0.05) is 15.9 Å². The average Bonchev–Trinajstić information content (AvgIpc) is 2.45. The van der Waals surface area contributed by atoms with Gasteiger partial charge >= 0.3 is 0 Å². The van der Waals surface area contributed by atoms with E-state index in [-0.39, 0.29) is 0 Å². The molecule has 0 aliphatic carbocycles. The molecule has 4 heteroatoms. The van der Waals surface area contributed by atoms with E-state index >= 15 is 0 Å². The Labute approximate surface area is 99.9 Å². The highest BCUT2D eigenvalue weighted by molar-refractivity contribution is 9.10. The number of nitrogens with zero attached hydrogens (tertiary/aromatic N) is 1. The first-order valence-corrected chi connectivity index (χ1v) is 6.04. The second kappa shape index (κ2) is 3.93. The third-order valence-electron chi connectivity index (χ3n) is 1.94. The lowest BCUT2D eigenvalue weighted by Gasteiger charge is -1.98. The molecule has 14 heavy (non-hydrogen) atoms. The summed E-state index contributed by atoms with van der Waals surface area (Å²) in [7, 11) is 0. The van der Waals surface area contributed by atoms with Crippen LogP contribution in [0.4, 0.5) is 0 Å². The van der Waals surface area contributed by atoms with Crippen molar-refractivity contribution in [2.75, 3.05) is 0 Å². The van der Waals surface area contributed by atoms with Crippen molar-refractivity contribution >= 4 is 50.0 Å². The summed E-state index contributed by atoms with van der Waals surface area (Å²) in [6.07, 6.45) is 0.444.